The van der Waals surface area contributed by atoms with Gasteiger partial charge in [-0.1, -0.05) is 76.7 Å². The summed E-state index contributed by atoms with van der Waals surface area (Å²) >= 11 is 0. The molecule has 0 aromatic heterocycles. The number of unbranched alkanes of at least 4 members (excludes halogenated alkanes) is 8. The number of nitrogens with two attached hydrogens (primary N) is 1. The fourth-order valence-corrected chi connectivity index (χ4v) is 4.08. The normalized spacial score (nSPS) is 19.1. The standard InChI is InChI=1S/C24H47N3/c1-3-5-6-7-8-9-10-11-12-13-14-15-16-17-18-19-24-26(4-2)22-23-27(24)21-20-25/h8-9,11-12,24H,3-7,10,13-23,25H2,1-2H3. The molecular weight excluding hydrogens is 330 g/mol. The molecule has 3 nitrogen and oxygen atoms in total. The minimum absolute atomic E-state index is 0.650. The number of nitrogens with zero attached hydrogens (tertiary/aromatic N) is 2. The first-order valence-electron chi connectivity index (χ1n) is 11.8. The van der Waals surface area contributed by atoms with Gasteiger partial charge in [0.25, 0.3) is 0 Å². The Morgan fingerprint density at radius 1 is 0.778 bits per heavy atom. The summed E-state index contributed by atoms with van der Waals surface area (Å²) in [5, 5.41) is 0. The summed E-state index contributed by atoms with van der Waals surface area (Å²) in [6, 6.07) is 0. The van der Waals surface area contributed by atoms with Crippen molar-refractivity contribution in [1.82, 2.24) is 9.80 Å². The van der Waals surface area contributed by atoms with Crippen molar-refractivity contribution >= 4 is 0 Å². The fourth-order valence-electron chi connectivity index (χ4n) is 4.08. The summed E-state index contributed by atoms with van der Waals surface area (Å²) in [7, 11) is 0. The summed E-state index contributed by atoms with van der Waals surface area (Å²) in [4.78, 5) is 5.21. The third-order valence-electron chi connectivity index (χ3n) is 5.75. The molecule has 1 atom stereocenters. The molecule has 1 saturated heterocycles. The number of hydrogen-bond acceptors (Lipinski definition) is 3. The second-order valence-electron chi connectivity index (χ2n) is 7.95. The van der Waals surface area contributed by atoms with Gasteiger partial charge in [0, 0.05) is 26.2 Å². The molecule has 1 unspecified atom stereocenters. The van der Waals surface area contributed by atoms with Gasteiger partial charge in [-0.2, -0.15) is 0 Å². The molecule has 1 heterocycles. The van der Waals surface area contributed by atoms with Gasteiger partial charge in [-0.05, 0) is 45.1 Å². The maximum absolute atomic E-state index is 5.77. The van der Waals surface area contributed by atoms with E-state index in [9.17, 15) is 0 Å². The molecule has 1 fully saturated rings. The molecule has 0 saturated carbocycles. The molecule has 27 heavy (non-hydrogen) atoms. The van der Waals surface area contributed by atoms with Gasteiger partial charge >= 0.3 is 0 Å². The molecule has 158 valence electrons. The van der Waals surface area contributed by atoms with Gasteiger partial charge in [0.15, 0.2) is 0 Å². The monoisotopic (exact) mass is 377 g/mol. The molecule has 0 aromatic carbocycles. The Kier molecular flexibility index (Phi) is 15.8. The van der Waals surface area contributed by atoms with Crippen molar-refractivity contribution in [3.8, 4) is 0 Å². The maximum atomic E-state index is 5.77. The van der Waals surface area contributed by atoms with Crippen molar-refractivity contribution in [3.63, 3.8) is 0 Å². The largest absolute Gasteiger partial charge is 0.329 e. The SMILES string of the molecule is CCCCCC=CCC=CCCCCCCCC1N(CC)CCN1CCN. The molecule has 1 aliphatic rings. The summed E-state index contributed by atoms with van der Waals surface area (Å²) in [6.45, 7) is 9.99. The van der Waals surface area contributed by atoms with Crippen LogP contribution in [0, 0.1) is 0 Å². The quantitative estimate of drug-likeness (QED) is 0.260. The van der Waals surface area contributed by atoms with Crippen molar-refractivity contribution in [3.05, 3.63) is 24.3 Å². The van der Waals surface area contributed by atoms with Crippen LogP contribution in [0.3, 0.4) is 0 Å². The van der Waals surface area contributed by atoms with E-state index in [0.29, 0.717) is 6.17 Å². The minimum atomic E-state index is 0.650. The summed E-state index contributed by atoms with van der Waals surface area (Å²) in [5.74, 6) is 0. The highest BCUT2D eigenvalue weighted by atomic mass is 15.4. The van der Waals surface area contributed by atoms with Crippen LogP contribution in [0.1, 0.15) is 90.9 Å². The first-order valence-corrected chi connectivity index (χ1v) is 11.8. The summed E-state index contributed by atoms with van der Waals surface area (Å²) in [6.07, 6.45) is 25.9. The smallest absolute Gasteiger partial charge is 0.0623 e. The van der Waals surface area contributed by atoms with E-state index in [-0.39, 0.29) is 0 Å². The molecule has 0 spiro atoms. The molecular formula is C24H47N3. The molecule has 0 aliphatic carbocycles. The van der Waals surface area contributed by atoms with Gasteiger partial charge in [-0.15, -0.1) is 0 Å². The van der Waals surface area contributed by atoms with Crippen molar-refractivity contribution in [1.29, 1.82) is 0 Å². The van der Waals surface area contributed by atoms with Crippen LogP contribution in [-0.2, 0) is 0 Å². The van der Waals surface area contributed by atoms with Gasteiger partial charge in [-0.25, -0.2) is 0 Å². The van der Waals surface area contributed by atoms with Gasteiger partial charge in [0.1, 0.15) is 0 Å². The highest BCUT2D eigenvalue weighted by Crippen LogP contribution is 2.20. The Bertz CT molecular complexity index is 378. The lowest BCUT2D eigenvalue weighted by atomic mass is 10.1. The van der Waals surface area contributed by atoms with Gasteiger partial charge in [0.2, 0.25) is 0 Å². The summed E-state index contributed by atoms with van der Waals surface area (Å²) in [5.41, 5.74) is 5.77. The second-order valence-corrected chi connectivity index (χ2v) is 7.95. The number of hydrogen-bond donors (Lipinski definition) is 1. The number of likely N-dealkylation sites (N-methyl/N-ethyl adjacent to an activating group) is 1. The van der Waals surface area contributed by atoms with Crippen LogP contribution in [0.5, 0.6) is 0 Å². The van der Waals surface area contributed by atoms with Crippen molar-refractivity contribution < 1.29 is 0 Å². The van der Waals surface area contributed by atoms with Crippen LogP contribution in [0.2, 0.25) is 0 Å². The van der Waals surface area contributed by atoms with E-state index in [1.165, 1.54) is 90.3 Å². The van der Waals surface area contributed by atoms with Crippen molar-refractivity contribution in [2.75, 3.05) is 32.7 Å². The summed E-state index contributed by atoms with van der Waals surface area (Å²) < 4.78 is 0. The van der Waals surface area contributed by atoms with Gasteiger partial charge < -0.3 is 5.73 Å². The Hall–Kier alpha value is -0.640. The highest BCUT2D eigenvalue weighted by Gasteiger charge is 2.29. The number of rotatable bonds is 17. The molecule has 0 bridgehead atoms. The second kappa shape index (κ2) is 17.5. The zero-order valence-corrected chi connectivity index (χ0v) is 18.4. The Labute approximate surface area is 170 Å². The fraction of sp³-hybridized carbons (Fsp3) is 0.833. The number of allylic oxidation sites excluding steroid dienone is 4. The average molecular weight is 378 g/mol. The predicted molar refractivity (Wildman–Crippen MR) is 121 cm³/mol. The van der Waals surface area contributed by atoms with E-state index < -0.39 is 0 Å². The lowest BCUT2D eigenvalue weighted by Crippen LogP contribution is -2.40. The van der Waals surface area contributed by atoms with E-state index in [0.717, 1.165) is 19.5 Å². The van der Waals surface area contributed by atoms with Crippen LogP contribution >= 0.6 is 0 Å². The molecule has 3 heteroatoms. The first-order chi connectivity index (χ1) is 13.3. The minimum Gasteiger partial charge on any atom is -0.329 e. The van der Waals surface area contributed by atoms with E-state index in [4.69, 9.17) is 5.73 Å². The highest BCUT2D eigenvalue weighted by molar-refractivity contribution is 4.92. The zero-order valence-electron chi connectivity index (χ0n) is 18.4. The molecule has 0 aromatic rings. The Morgan fingerprint density at radius 2 is 1.41 bits per heavy atom. The van der Waals surface area contributed by atoms with Crippen LogP contribution in [0.25, 0.3) is 0 Å². The van der Waals surface area contributed by atoms with Crippen LogP contribution in [0.4, 0.5) is 0 Å². The predicted octanol–water partition coefficient (Wildman–Crippen LogP) is 5.72. The average Bonchev–Trinajstić information content (AvgIpc) is 3.07. The van der Waals surface area contributed by atoms with Crippen LogP contribution < -0.4 is 5.73 Å². The molecule has 2 N–H and O–H groups in total. The Morgan fingerprint density at radius 3 is 2.07 bits per heavy atom. The lowest BCUT2D eigenvalue weighted by Gasteiger charge is -2.29. The van der Waals surface area contributed by atoms with E-state index in [1.54, 1.807) is 0 Å². The molecule has 1 rings (SSSR count). The van der Waals surface area contributed by atoms with Crippen molar-refractivity contribution in [2.45, 2.75) is 97.1 Å². The van der Waals surface area contributed by atoms with Crippen LogP contribution in [0.15, 0.2) is 24.3 Å². The third-order valence-corrected chi connectivity index (χ3v) is 5.75. The zero-order chi connectivity index (χ0) is 19.6. The van der Waals surface area contributed by atoms with Crippen LogP contribution in [-0.4, -0.2) is 48.7 Å². The van der Waals surface area contributed by atoms with E-state index in [1.807, 2.05) is 0 Å². The maximum Gasteiger partial charge on any atom is 0.0623 e. The first kappa shape index (κ1) is 24.4. The molecule has 0 amide bonds. The van der Waals surface area contributed by atoms with E-state index >= 15 is 0 Å². The topological polar surface area (TPSA) is 32.5 Å². The Balaban J connectivity index is 1.95. The molecule has 1 aliphatic heterocycles. The van der Waals surface area contributed by atoms with Gasteiger partial charge in [-0.3, -0.25) is 9.80 Å². The molecule has 0 radical (unpaired) electrons. The third kappa shape index (κ3) is 11.7. The van der Waals surface area contributed by atoms with Gasteiger partial charge in [0.05, 0.1) is 6.17 Å². The van der Waals surface area contributed by atoms with Crippen molar-refractivity contribution in [2.24, 2.45) is 5.73 Å². The lowest BCUT2D eigenvalue weighted by molar-refractivity contribution is 0.131. The van der Waals surface area contributed by atoms with E-state index in [2.05, 4.69) is 48.0 Å².